The summed E-state index contributed by atoms with van der Waals surface area (Å²) in [7, 11) is -3.56. The molecular weight excluding hydrogens is 266 g/mol. The van der Waals surface area contributed by atoms with Crippen molar-refractivity contribution >= 4 is 10.0 Å². The normalized spacial score (nSPS) is 23.7. The van der Waals surface area contributed by atoms with E-state index < -0.39 is 10.0 Å². The molecule has 1 aliphatic rings. The summed E-state index contributed by atoms with van der Waals surface area (Å²) in [6, 6.07) is 3.11. The van der Waals surface area contributed by atoms with E-state index in [0.717, 1.165) is 6.42 Å². The van der Waals surface area contributed by atoms with Gasteiger partial charge in [0, 0.05) is 31.8 Å². The second-order valence-corrected chi connectivity index (χ2v) is 6.36. The summed E-state index contributed by atoms with van der Waals surface area (Å²) in [6.07, 6.45) is 2.50. The Morgan fingerprint density at radius 1 is 1.58 bits per heavy atom. The van der Waals surface area contributed by atoms with Crippen LogP contribution in [0.5, 0.6) is 0 Å². The number of hydrogen-bond donors (Lipinski definition) is 2. The molecule has 1 aromatic heterocycles. The van der Waals surface area contributed by atoms with E-state index in [0.29, 0.717) is 18.8 Å². The molecule has 1 aliphatic heterocycles. The Morgan fingerprint density at radius 3 is 3.00 bits per heavy atom. The minimum absolute atomic E-state index is 0.0885. The van der Waals surface area contributed by atoms with Crippen molar-refractivity contribution in [3.05, 3.63) is 24.0 Å². The van der Waals surface area contributed by atoms with Crippen molar-refractivity contribution in [1.82, 2.24) is 9.71 Å². The Labute approximate surface area is 113 Å². The summed E-state index contributed by atoms with van der Waals surface area (Å²) in [4.78, 5) is 4.15. The average molecular weight is 285 g/mol. The fourth-order valence-electron chi connectivity index (χ4n) is 2.16. The van der Waals surface area contributed by atoms with E-state index in [2.05, 4.69) is 9.71 Å². The van der Waals surface area contributed by atoms with Crippen molar-refractivity contribution in [1.29, 1.82) is 0 Å². The molecule has 106 valence electrons. The number of sulfonamides is 1. The summed E-state index contributed by atoms with van der Waals surface area (Å²) in [5, 5.41) is 0. The first kappa shape index (κ1) is 14.4. The van der Waals surface area contributed by atoms with Gasteiger partial charge in [-0.15, -0.1) is 0 Å². The summed E-state index contributed by atoms with van der Waals surface area (Å²) >= 11 is 0. The van der Waals surface area contributed by atoms with Crippen LogP contribution in [0.15, 0.2) is 23.2 Å². The highest BCUT2D eigenvalue weighted by Gasteiger charge is 2.26. The van der Waals surface area contributed by atoms with E-state index in [-0.39, 0.29) is 23.5 Å². The zero-order chi connectivity index (χ0) is 13.9. The second kappa shape index (κ2) is 5.96. The number of nitrogens with one attached hydrogen (secondary N) is 1. The van der Waals surface area contributed by atoms with Gasteiger partial charge in [-0.25, -0.2) is 13.1 Å². The van der Waals surface area contributed by atoms with Crippen molar-refractivity contribution in [2.24, 2.45) is 11.7 Å². The summed E-state index contributed by atoms with van der Waals surface area (Å²) in [5.74, 6) is 0.216. The molecule has 0 aliphatic carbocycles. The lowest BCUT2D eigenvalue weighted by atomic mass is 10.0. The number of rotatable bonds is 5. The summed E-state index contributed by atoms with van der Waals surface area (Å²) < 4.78 is 32.5. The SMILES string of the molecule is CC1OCCC1CNS(=O)(=O)c1cccnc1CN. The van der Waals surface area contributed by atoms with Gasteiger partial charge in [-0.1, -0.05) is 0 Å². The van der Waals surface area contributed by atoms with Gasteiger partial charge in [0.2, 0.25) is 10.0 Å². The highest BCUT2D eigenvalue weighted by atomic mass is 32.2. The molecule has 3 N–H and O–H groups in total. The maximum Gasteiger partial charge on any atom is 0.242 e. The van der Waals surface area contributed by atoms with Gasteiger partial charge in [-0.3, -0.25) is 4.98 Å². The molecule has 2 rings (SSSR count). The van der Waals surface area contributed by atoms with Gasteiger partial charge < -0.3 is 10.5 Å². The minimum atomic E-state index is -3.56. The lowest BCUT2D eigenvalue weighted by molar-refractivity contribution is 0.107. The molecule has 0 radical (unpaired) electrons. The van der Waals surface area contributed by atoms with Crippen molar-refractivity contribution in [2.75, 3.05) is 13.2 Å². The maximum absolute atomic E-state index is 12.2. The van der Waals surface area contributed by atoms with E-state index in [1.165, 1.54) is 12.3 Å². The fraction of sp³-hybridized carbons (Fsp3) is 0.583. The smallest absolute Gasteiger partial charge is 0.242 e. The Balaban J connectivity index is 2.09. The third-order valence-corrected chi connectivity index (χ3v) is 4.90. The summed E-state index contributed by atoms with van der Waals surface area (Å²) in [6.45, 7) is 3.12. The molecule has 19 heavy (non-hydrogen) atoms. The number of nitrogens with zero attached hydrogens (tertiary/aromatic N) is 1. The van der Waals surface area contributed by atoms with Gasteiger partial charge in [0.05, 0.1) is 11.8 Å². The number of pyridine rings is 1. The van der Waals surface area contributed by atoms with Crippen molar-refractivity contribution < 1.29 is 13.2 Å². The van der Waals surface area contributed by atoms with Gasteiger partial charge in [0.1, 0.15) is 4.90 Å². The number of ether oxygens (including phenoxy) is 1. The van der Waals surface area contributed by atoms with Crippen LogP contribution in [-0.2, 0) is 21.3 Å². The van der Waals surface area contributed by atoms with Gasteiger partial charge in [-0.2, -0.15) is 0 Å². The third-order valence-electron chi connectivity index (χ3n) is 3.40. The molecule has 2 heterocycles. The standard InChI is InChI=1S/C12H19N3O3S/c1-9-10(4-6-18-9)8-15-19(16,17)12-3-2-5-14-11(12)7-13/h2-3,5,9-10,15H,4,6-8,13H2,1H3. The van der Waals surface area contributed by atoms with E-state index in [4.69, 9.17) is 10.5 Å². The van der Waals surface area contributed by atoms with E-state index in [9.17, 15) is 8.42 Å². The first-order valence-electron chi connectivity index (χ1n) is 6.30. The molecule has 2 atom stereocenters. The average Bonchev–Trinajstić information content (AvgIpc) is 2.82. The van der Waals surface area contributed by atoms with Crippen LogP contribution >= 0.6 is 0 Å². The van der Waals surface area contributed by atoms with Crippen LogP contribution < -0.4 is 10.5 Å². The van der Waals surface area contributed by atoms with Crippen LogP contribution in [0, 0.1) is 5.92 Å². The zero-order valence-electron chi connectivity index (χ0n) is 10.9. The maximum atomic E-state index is 12.2. The van der Waals surface area contributed by atoms with Crippen LogP contribution in [0.1, 0.15) is 19.0 Å². The molecule has 1 saturated heterocycles. The predicted octanol–water partition coefficient (Wildman–Crippen LogP) is 0.244. The molecule has 0 spiro atoms. The Kier molecular flexibility index (Phi) is 4.51. The quantitative estimate of drug-likeness (QED) is 0.808. The molecule has 0 bridgehead atoms. The van der Waals surface area contributed by atoms with Gasteiger partial charge in [-0.05, 0) is 25.5 Å². The third kappa shape index (κ3) is 3.30. The van der Waals surface area contributed by atoms with Crippen molar-refractivity contribution in [3.63, 3.8) is 0 Å². The fourth-order valence-corrected chi connectivity index (χ4v) is 3.45. The molecule has 6 nitrogen and oxygen atoms in total. The van der Waals surface area contributed by atoms with Crippen molar-refractivity contribution in [2.45, 2.75) is 30.9 Å². The monoisotopic (exact) mass is 285 g/mol. The van der Waals surface area contributed by atoms with Gasteiger partial charge in [0.25, 0.3) is 0 Å². The Morgan fingerprint density at radius 2 is 2.37 bits per heavy atom. The van der Waals surface area contributed by atoms with Crippen LogP contribution in [0.2, 0.25) is 0 Å². The molecule has 1 aromatic rings. The number of aromatic nitrogens is 1. The van der Waals surface area contributed by atoms with Crippen LogP contribution in [-0.4, -0.2) is 32.7 Å². The second-order valence-electron chi connectivity index (χ2n) is 4.63. The summed E-state index contributed by atoms with van der Waals surface area (Å²) in [5.41, 5.74) is 5.89. The predicted molar refractivity (Wildman–Crippen MR) is 70.8 cm³/mol. The molecule has 1 fully saturated rings. The topological polar surface area (TPSA) is 94.3 Å². The number of hydrogen-bond acceptors (Lipinski definition) is 5. The molecular formula is C12H19N3O3S. The van der Waals surface area contributed by atoms with Gasteiger partial charge >= 0.3 is 0 Å². The minimum Gasteiger partial charge on any atom is -0.378 e. The molecule has 0 amide bonds. The Hall–Kier alpha value is -1.02. The molecule has 2 unspecified atom stereocenters. The van der Waals surface area contributed by atoms with Crippen LogP contribution in [0.25, 0.3) is 0 Å². The molecule has 0 saturated carbocycles. The van der Waals surface area contributed by atoms with Crippen molar-refractivity contribution in [3.8, 4) is 0 Å². The zero-order valence-corrected chi connectivity index (χ0v) is 11.7. The largest absolute Gasteiger partial charge is 0.378 e. The van der Waals surface area contributed by atoms with Gasteiger partial charge in [0.15, 0.2) is 0 Å². The van der Waals surface area contributed by atoms with Crippen LogP contribution in [0.3, 0.4) is 0 Å². The lowest BCUT2D eigenvalue weighted by Gasteiger charge is -2.15. The molecule has 0 aromatic carbocycles. The first-order valence-corrected chi connectivity index (χ1v) is 7.78. The van der Waals surface area contributed by atoms with Crippen LogP contribution in [0.4, 0.5) is 0 Å². The number of nitrogens with two attached hydrogens (primary N) is 1. The van der Waals surface area contributed by atoms with E-state index in [1.807, 2.05) is 6.92 Å². The van der Waals surface area contributed by atoms with E-state index >= 15 is 0 Å². The molecule has 7 heteroatoms. The van der Waals surface area contributed by atoms with E-state index in [1.54, 1.807) is 6.07 Å². The lowest BCUT2D eigenvalue weighted by Crippen LogP contribution is -2.32. The first-order chi connectivity index (χ1) is 9.04. The highest BCUT2D eigenvalue weighted by molar-refractivity contribution is 7.89. The Bertz CT molecular complexity index is 533. The highest BCUT2D eigenvalue weighted by Crippen LogP contribution is 2.20.